The summed E-state index contributed by atoms with van der Waals surface area (Å²) in [5, 5.41) is 0.591. The Balaban J connectivity index is 2.24. The number of aliphatic imine (C=N–C) groups is 1. The maximum Gasteiger partial charge on any atom is 0.270 e. The molecular formula is C16H14ClN3O. The molecule has 1 atom stereocenters. The summed E-state index contributed by atoms with van der Waals surface area (Å²) in [6.45, 7) is 1.95. The van der Waals surface area contributed by atoms with Crippen LogP contribution in [-0.2, 0) is 4.79 Å². The third-order valence-corrected chi connectivity index (χ3v) is 3.67. The molecule has 0 spiro atoms. The zero-order chi connectivity index (χ0) is 15.0. The normalized spacial score (nSPS) is 17.6. The Bertz CT molecular complexity index is 742. The lowest BCUT2D eigenvalue weighted by molar-refractivity contribution is -0.118. The van der Waals surface area contributed by atoms with Crippen LogP contribution in [0.25, 0.3) is 0 Å². The Morgan fingerprint density at radius 3 is 2.71 bits per heavy atom. The van der Waals surface area contributed by atoms with E-state index in [0.717, 1.165) is 22.5 Å². The summed E-state index contributed by atoms with van der Waals surface area (Å²) in [5.41, 5.74) is 9.14. The van der Waals surface area contributed by atoms with E-state index < -0.39 is 6.17 Å². The molecule has 1 amide bonds. The maximum absolute atomic E-state index is 12.6. The number of nitrogens with two attached hydrogens (primary N) is 1. The largest absolute Gasteiger partial charge is 0.302 e. The van der Waals surface area contributed by atoms with Crippen molar-refractivity contribution in [2.75, 3.05) is 4.90 Å². The number of aryl methyl sites for hydroxylation is 1. The van der Waals surface area contributed by atoms with E-state index in [-0.39, 0.29) is 5.91 Å². The van der Waals surface area contributed by atoms with Gasteiger partial charge in [-0.25, -0.2) is 0 Å². The van der Waals surface area contributed by atoms with E-state index in [4.69, 9.17) is 17.3 Å². The molecule has 1 heterocycles. The fourth-order valence-electron chi connectivity index (χ4n) is 2.37. The molecule has 0 saturated carbocycles. The van der Waals surface area contributed by atoms with Crippen molar-refractivity contribution in [2.45, 2.75) is 13.1 Å². The Morgan fingerprint density at radius 1 is 1.19 bits per heavy atom. The fourth-order valence-corrected chi connectivity index (χ4v) is 2.55. The van der Waals surface area contributed by atoms with Crippen LogP contribution >= 0.6 is 11.6 Å². The van der Waals surface area contributed by atoms with Gasteiger partial charge in [-0.15, -0.1) is 0 Å². The van der Waals surface area contributed by atoms with Gasteiger partial charge in [-0.1, -0.05) is 29.8 Å². The van der Waals surface area contributed by atoms with Crippen molar-refractivity contribution in [3.05, 3.63) is 58.6 Å². The molecular weight excluding hydrogens is 286 g/mol. The number of benzene rings is 2. The number of fused-ring (bicyclic) bond motifs is 1. The van der Waals surface area contributed by atoms with Gasteiger partial charge < -0.3 is 5.73 Å². The first kappa shape index (κ1) is 13.8. The van der Waals surface area contributed by atoms with Gasteiger partial charge in [0.1, 0.15) is 0 Å². The minimum absolute atomic E-state index is 0.262. The molecule has 1 aliphatic rings. The first-order chi connectivity index (χ1) is 10.1. The topological polar surface area (TPSA) is 58.7 Å². The Hall–Kier alpha value is -2.17. The predicted octanol–water partition coefficient (Wildman–Crippen LogP) is 3.03. The number of hydrogen-bond donors (Lipinski definition) is 1. The Kier molecular flexibility index (Phi) is 3.49. The first-order valence-electron chi connectivity index (χ1n) is 6.56. The van der Waals surface area contributed by atoms with Crippen LogP contribution in [0.15, 0.2) is 47.5 Å². The van der Waals surface area contributed by atoms with Gasteiger partial charge in [0, 0.05) is 16.8 Å². The van der Waals surface area contributed by atoms with Crippen molar-refractivity contribution in [3.63, 3.8) is 0 Å². The van der Waals surface area contributed by atoms with E-state index in [2.05, 4.69) is 4.99 Å². The number of hydrogen-bond acceptors (Lipinski definition) is 3. The standard InChI is InChI=1S/C16H14ClN3O/c1-10-4-2-3-5-13(10)20-14-7-6-12(17)8-11(14)9-19-15(18)16(20)21/h2-9,15H,18H2,1H3. The summed E-state index contributed by atoms with van der Waals surface area (Å²) < 4.78 is 0. The van der Waals surface area contributed by atoms with Crippen LogP contribution < -0.4 is 10.6 Å². The zero-order valence-corrected chi connectivity index (χ0v) is 12.2. The highest BCUT2D eigenvalue weighted by Gasteiger charge is 2.28. The highest BCUT2D eigenvalue weighted by atomic mass is 35.5. The molecule has 2 aromatic carbocycles. The number of halogens is 1. The van der Waals surface area contributed by atoms with Gasteiger partial charge in [-0.3, -0.25) is 14.7 Å². The molecule has 5 heteroatoms. The molecule has 0 fully saturated rings. The summed E-state index contributed by atoms with van der Waals surface area (Å²) in [5.74, 6) is -0.262. The first-order valence-corrected chi connectivity index (χ1v) is 6.93. The van der Waals surface area contributed by atoms with E-state index in [1.165, 1.54) is 0 Å². The molecule has 1 unspecified atom stereocenters. The monoisotopic (exact) mass is 299 g/mol. The molecule has 2 N–H and O–H groups in total. The van der Waals surface area contributed by atoms with Crippen LogP contribution in [0, 0.1) is 6.92 Å². The van der Waals surface area contributed by atoms with Crippen molar-refractivity contribution in [2.24, 2.45) is 10.7 Å². The SMILES string of the molecule is Cc1ccccc1N1C(=O)C(N)N=Cc2cc(Cl)ccc21. The third-order valence-electron chi connectivity index (χ3n) is 3.43. The lowest BCUT2D eigenvalue weighted by Gasteiger charge is -2.25. The van der Waals surface area contributed by atoms with E-state index >= 15 is 0 Å². The molecule has 1 aliphatic heterocycles. The molecule has 0 radical (unpaired) electrons. The zero-order valence-electron chi connectivity index (χ0n) is 11.5. The van der Waals surface area contributed by atoms with Gasteiger partial charge >= 0.3 is 0 Å². The number of para-hydroxylation sites is 1. The molecule has 3 rings (SSSR count). The minimum atomic E-state index is -0.921. The molecule has 2 aromatic rings. The van der Waals surface area contributed by atoms with Gasteiger partial charge in [0.15, 0.2) is 6.17 Å². The molecule has 0 bridgehead atoms. The number of carbonyl (C=O) groups is 1. The average molecular weight is 300 g/mol. The molecule has 106 valence electrons. The number of rotatable bonds is 1. The van der Waals surface area contributed by atoms with Crippen LogP contribution in [0.5, 0.6) is 0 Å². The second-order valence-electron chi connectivity index (χ2n) is 4.89. The highest BCUT2D eigenvalue weighted by molar-refractivity contribution is 6.31. The molecule has 0 aliphatic carbocycles. The van der Waals surface area contributed by atoms with E-state index in [9.17, 15) is 4.79 Å². The van der Waals surface area contributed by atoms with Gasteiger partial charge in [0.2, 0.25) is 0 Å². The van der Waals surface area contributed by atoms with Crippen LogP contribution in [0.3, 0.4) is 0 Å². The summed E-state index contributed by atoms with van der Waals surface area (Å²) >= 11 is 6.03. The van der Waals surface area contributed by atoms with E-state index in [1.54, 1.807) is 23.2 Å². The Labute approximate surface area is 127 Å². The van der Waals surface area contributed by atoms with E-state index in [0.29, 0.717) is 5.02 Å². The second kappa shape index (κ2) is 5.31. The third kappa shape index (κ3) is 2.44. The smallest absolute Gasteiger partial charge is 0.270 e. The van der Waals surface area contributed by atoms with Crippen LogP contribution in [0.2, 0.25) is 5.02 Å². The van der Waals surface area contributed by atoms with Gasteiger partial charge in [0.25, 0.3) is 5.91 Å². The van der Waals surface area contributed by atoms with Crippen molar-refractivity contribution < 1.29 is 4.79 Å². The van der Waals surface area contributed by atoms with Gasteiger partial charge in [-0.05, 0) is 36.8 Å². The van der Waals surface area contributed by atoms with Gasteiger partial charge in [-0.2, -0.15) is 0 Å². The summed E-state index contributed by atoms with van der Waals surface area (Å²) in [6.07, 6.45) is 0.679. The quantitative estimate of drug-likeness (QED) is 0.880. The van der Waals surface area contributed by atoms with Crippen LogP contribution in [0.1, 0.15) is 11.1 Å². The molecule has 0 saturated heterocycles. The highest BCUT2D eigenvalue weighted by Crippen LogP contribution is 2.33. The number of benzodiazepines with no additional fused rings is 1. The van der Waals surface area contributed by atoms with Crippen LogP contribution in [-0.4, -0.2) is 18.3 Å². The average Bonchev–Trinajstić information content (AvgIpc) is 2.59. The second-order valence-corrected chi connectivity index (χ2v) is 5.32. The lowest BCUT2D eigenvalue weighted by atomic mass is 10.1. The van der Waals surface area contributed by atoms with Gasteiger partial charge in [0.05, 0.1) is 11.4 Å². The van der Waals surface area contributed by atoms with Crippen LogP contribution in [0.4, 0.5) is 11.4 Å². The van der Waals surface area contributed by atoms with Crippen molar-refractivity contribution in [3.8, 4) is 0 Å². The lowest BCUT2D eigenvalue weighted by Crippen LogP contribution is -2.39. The van der Waals surface area contributed by atoms with Crippen molar-refractivity contribution >= 4 is 35.1 Å². The Morgan fingerprint density at radius 2 is 1.95 bits per heavy atom. The van der Waals surface area contributed by atoms with Crippen molar-refractivity contribution in [1.82, 2.24) is 0 Å². The number of amides is 1. The number of anilines is 2. The maximum atomic E-state index is 12.6. The molecule has 21 heavy (non-hydrogen) atoms. The predicted molar refractivity (Wildman–Crippen MR) is 85.3 cm³/mol. The summed E-state index contributed by atoms with van der Waals surface area (Å²) in [4.78, 5) is 18.3. The number of nitrogens with zero attached hydrogens (tertiary/aromatic N) is 2. The number of carbonyl (C=O) groups excluding carboxylic acids is 1. The molecule has 4 nitrogen and oxygen atoms in total. The summed E-state index contributed by atoms with van der Waals surface area (Å²) in [6, 6.07) is 13.0. The molecule has 0 aromatic heterocycles. The van der Waals surface area contributed by atoms with E-state index in [1.807, 2.05) is 37.3 Å². The summed E-state index contributed by atoms with van der Waals surface area (Å²) in [7, 11) is 0. The minimum Gasteiger partial charge on any atom is -0.302 e. The fraction of sp³-hybridized carbons (Fsp3) is 0.125. The van der Waals surface area contributed by atoms with Crippen molar-refractivity contribution in [1.29, 1.82) is 0 Å².